The Bertz CT molecular complexity index is 3460. The zero-order valence-corrected chi connectivity index (χ0v) is 44.1. The van der Waals surface area contributed by atoms with Crippen LogP contribution in [0.2, 0.25) is 0 Å². The molecule has 4 nitrogen and oxygen atoms in total. The maximum absolute atomic E-state index is 6.52. The first-order valence-electron chi connectivity index (χ1n) is 27.2. The van der Waals surface area contributed by atoms with Crippen molar-refractivity contribution in [2.75, 3.05) is 14.7 Å². The zero-order chi connectivity index (χ0) is 48.4. The van der Waals surface area contributed by atoms with Crippen molar-refractivity contribution in [1.82, 2.24) is 0 Å². The van der Waals surface area contributed by atoms with Crippen molar-refractivity contribution in [1.29, 1.82) is 0 Å². The molecule has 70 heavy (non-hydrogen) atoms. The lowest BCUT2D eigenvalue weighted by Gasteiger charge is -2.53. The third kappa shape index (κ3) is 5.25. The molecule has 7 aliphatic rings. The Morgan fingerprint density at radius 3 is 1.86 bits per heavy atom. The van der Waals surface area contributed by atoms with Gasteiger partial charge in [-0.15, -0.1) is 0 Å². The molecule has 2 saturated carbocycles. The second-order valence-electron chi connectivity index (χ2n) is 26.7. The minimum atomic E-state index is -0.0791. The van der Waals surface area contributed by atoms with Gasteiger partial charge in [-0.25, -0.2) is 0 Å². The quantitative estimate of drug-likeness (QED) is 0.161. The monoisotopic (exact) mass is 922 g/mol. The smallest absolute Gasteiger partial charge is 0.252 e. The number of rotatable bonds is 2. The molecule has 0 saturated heterocycles. The summed E-state index contributed by atoms with van der Waals surface area (Å²) in [7, 11) is 0. The van der Waals surface area contributed by atoms with E-state index in [-0.39, 0.29) is 44.9 Å². The number of furan rings is 1. The number of fused-ring (bicyclic) bond motifs is 14. The average Bonchev–Trinajstić information content (AvgIpc) is 3.87. The normalized spacial score (nSPS) is 27.5. The first-order chi connectivity index (χ1) is 33.2. The highest BCUT2D eigenvalue weighted by Gasteiger charge is 2.62. The van der Waals surface area contributed by atoms with Gasteiger partial charge in [-0.2, -0.15) is 0 Å². The summed E-state index contributed by atoms with van der Waals surface area (Å²) in [5.74, 6) is 0. The third-order valence-electron chi connectivity index (χ3n) is 21.0. The Balaban J connectivity index is 1.07. The van der Waals surface area contributed by atoms with E-state index >= 15 is 0 Å². The fourth-order valence-corrected chi connectivity index (χ4v) is 16.4. The van der Waals surface area contributed by atoms with Gasteiger partial charge in [0.25, 0.3) is 6.71 Å². The SMILES string of the molecule is Cc1cc2c3c(c1)N1c4c(cc(C(C)(C)C)cc4C4(C)CCCCC14C)B3c1ccc(N3c4cc5c(cc4C4(C)CCCCC34C)C(C)(C)CCC5(C)C)cc1N2c1ccc2oc3ccccc3c2c1. The third-order valence-corrected chi connectivity index (χ3v) is 21.0. The number of aryl methyl sites for hydroxylation is 1. The number of anilines is 7. The lowest BCUT2D eigenvalue weighted by molar-refractivity contribution is 0.194. The fourth-order valence-electron chi connectivity index (χ4n) is 16.4. The van der Waals surface area contributed by atoms with E-state index in [9.17, 15) is 0 Å². The minimum absolute atomic E-state index is 0.00113. The van der Waals surface area contributed by atoms with Crippen molar-refractivity contribution >= 4 is 84.9 Å². The summed E-state index contributed by atoms with van der Waals surface area (Å²) in [5, 5.41) is 2.33. The van der Waals surface area contributed by atoms with Gasteiger partial charge in [-0.05, 0) is 180 Å². The standard InChI is InChI=1S/C65H72BN3O/c1-39-31-53-57-54(32-39)69-58-48(63(10)26-16-18-28-65(63,69)12)33-40(59(2,3)4)34-50(58)66(57)49-23-21-42(36-52(49)67(53)41-22-24-56-44(35-41)43-19-13-14-20-55(43)70-56)68-51-38-46-45(60(5,6)29-30-61(46,7)8)37-47(51)62(9)25-15-17-27-64(62,68)11/h13-14,19-24,31-38H,15-18,25-30H2,1-12H3. The van der Waals surface area contributed by atoms with Gasteiger partial charge in [0.05, 0.1) is 11.1 Å². The molecule has 356 valence electrons. The number of para-hydroxylation sites is 1. The summed E-state index contributed by atoms with van der Waals surface area (Å²) in [6.45, 7) is 30.2. The molecule has 2 fully saturated rings. The van der Waals surface area contributed by atoms with E-state index < -0.39 is 0 Å². The summed E-state index contributed by atoms with van der Waals surface area (Å²) in [4.78, 5) is 8.44. The molecule has 0 bridgehead atoms. The van der Waals surface area contributed by atoms with E-state index in [1.54, 1.807) is 22.3 Å². The van der Waals surface area contributed by atoms with Gasteiger partial charge in [0.15, 0.2) is 0 Å². The molecule has 4 atom stereocenters. The van der Waals surface area contributed by atoms with Crippen LogP contribution in [0.4, 0.5) is 39.8 Å². The highest BCUT2D eigenvalue weighted by atomic mass is 16.3. The summed E-state index contributed by atoms with van der Waals surface area (Å²) < 4.78 is 6.52. The number of benzene rings is 6. The van der Waals surface area contributed by atoms with Crippen molar-refractivity contribution in [2.24, 2.45) is 0 Å². The summed E-state index contributed by atoms with van der Waals surface area (Å²) in [6, 6.07) is 39.1. The van der Waals surface area contributed by atoms with Crippen LogP contribution in [0.3, 0.4) is 0 Å². The molecule has 14 rings (SSSR count). The van der Waals surface area contributed by atoms with Gasteiger partial charge in [-0.3, -0.25) is 0 Å². The maximum Gasteiger partial charge on any atom is 0.252 e. The molecule has 0 spiro atoms. The van der Waals surface area contributed by atoms with E-state index in [0.29, 0.717) is 0 Å². The number of nitrogens with zero attached hydrogens (tertiary/aromatic N) is 3. The van der Waals surface area contributed by atoms with Crippen molar-refractivity contribution in [3.8, 4) is 0 Å². The van der Waals surface area contributed by atoms with E-state index in [0.717, 1.165) is 11.2 Å². The molecular weight excluding hydrogens is 850 g/mol. The van der Waals surface area contributed by atoms with Crippen LogP contribution in [-0.4, -0.2) is 17.8 Å². The topological polar surface area (TPSA) is 22.9 Å². The predicted molar refractivity (Wildman–Crippen MR) is 297 cm³/mol. The molecule has 0 radical (unpaired) electrons. The molecule has 0 N–H and O–H groups in total. The molecule has 0 amide bonds. The van der Waals surface area contributed by atoms with Gasteiger partial charge in [0.2, 0.25) is 0 Å². The maximum atomic E-state index is 6.52. The highest BCUT2D eigenvalue weighted by molar-refractivity contribution is 7.00. The molecule has 3 aliphatic carbocycles. The molecular formula is C65H72BN3O. The van der Waals surface area contributed by atoms with Gasteiger partial charge in [0.1, 0.15) is 11.2 Å². The Kier molecular flexibility index (Phi) is 8.40. The van der Waals surface area contributed by atoms with Gasteiger partial charge < -0.3 is 19.1 Å². The lowest BCUT2D eigenvalue weighted by atomic mass is 9.33. The van der Waals surface area contributed by atoms with Crippen LogP contribution in [0.15, 0.2) is 101 Å². The van der Waals surface area contributed by atoms with Crippen LogP contribution >= 0.6 is 0 Å². The van der Waals surface area contributed by atoms with Crippen molar-refractivity contribution in [3.63, 3.8) is 0 Å². The van der Waals surface area contributed by atoms with Crippen LogP contribution in [-0.2, 0) is 27.1 Å². The Labute approximate surface area is 417 Å². The zero-order valence-electron chi connectivity index (χ0n) is 44.1. The predicted octanol–water partition coefficient (Wildman–Crippen LogP) is 15.6. The van der Waals surface area contributed by atoms with Crippen LogP contribution in [0, 0.1) is 6.92 Å². The molecule has 1 aromatic heterocycles. The Morgan fingerprint density at radius 1 is 0.500 bits per heavy atom. The average molecular weight is 922 g/mol. The summed E-state index contributed by atoms with van der Waals surface area (Å²) in [6.07, 6.45) is 12.3. The molecule has 4 aliphatic heterocycles. The minimum Gasteiger partial charge on any atom is -0.456 e. The van der Waals surface area contributed by atoms with E-state index in [1.807, 2.05) is 0 Å². The fraction of sp³-hybridized carbons (Fsp3) is 0.446. The van der Waals surface area contributed by atoms with Crippen LogP contribution in [0.1, 0.15) is 174 Å². The van der Waals surface area contributed by atoms with Gasteiger partial charge in [0, 0.05) is 61.4 Å². The van der Waals surface area contributed by atoms with Crippen LogP contribution < -0.4 is 31.1 Å². The molecule has 5 heterocycles. The summed E-state index contributed by atoms with van der Waals surface area (Å²) in [5.41, 5.74) is 25.0. The largest absolute Gasteiger partial charge is 0.456 e. The van der Waals surface area contributed by atoms with Crippen LogP contribution in [0.5, 0.6) is 0 Å². The second kappa shape index (κ2) is 13.5. The van der Waals surface area contributed by atoms with E-state index in [4.69, 9.17) is 4.42 Å². The van der Waals surface area contributed by atoms with Crippen LogP contribution in [0.25, 0.3) is 21.9 Å². The molecule has 4 unspecified atom stereocenters. The van der Waals surface area contributed by atoms with Crippen molar-refractivity contribution in [2.45, 2.75) is 185 Å². The Hall–Kier alpha value is -5.42. The van der Waals surface area contributed by atoms with E-state index in [2.05, 4.69) is 195 Å². The molecule has 6 aromatic carbocycles. The highest BCUT2D eigenvalue weighted by Crippen LogP contribution is 2.65. The number of hydrogen-bond acceptors (Lipinski definition) is 4. The van der Waals surface area contributed by atoms with Gasteiger partial charge in [-0.1, -0.05) is 130 Å². The first-order valence-corrected chi connectivity index (χ1v) is 27.2. The van der Waals surface area contributed by atoms with Crippen molar-refractivity contribution < 1.29 is 4.42 Å². The lowest BCUT2D eigenvalue weighted by Crippen LogP contribution is -2.64. The second-order valence-corrected chi connectivity index (χ2v) is 26.7. The van der Waals surface area contributed by atoms with Gasteiger partial charge >= 0.3 is 0 Å². The molecule has 5 heteroatoms. The van der Waals surface area contributed by atoms with Crippen molar-refractivity contribution in [3.05, 3.63) is 130 Å². The first kappa shape index (κ1) is 43.4. The number of hydrogen-bond donors (Lipinski definition) is 0. The van der Waals surface area contributed by atoms with E-state index in [1.165, 1.54) is 142 Å². The summed E-state index contributed by atoms with van der Waals surface area (Å²) >= 11 is 0. The molecule has 7 aromatic rings. The Morgan fingerprint density at radius 2 is 1.13 bits per heavy atom.